The third-order valence-corrected chi connectivity index (χ3v) is 7.42. The first kappa shape index (κ1) is 23.9. The quantitative estimate of drug-likeness (QED) is 0.440. The first-order chi connectivity index (χ1) is 16.9. The highest BCUT2D eigenvalue weighted by molar-refractivity contribution is 7.09. The number of ether oxygens (including phenoxy) is 2. The van der Waals surface area contributed by atoms with E-state index < -0.39 is 17.2 Å². The number of nitrogens with zero attached hydrogens (tertiary/aromatic N) is 3. The van der Waals surface area contributed by atoms with Crippen molar-refractivity contribution in [1.29, 1.82) is 0 Å². The molecule has 0 radical (unpaired) electrons. The number of carbonyl (C=O) groups is 1. The molecule has 0 amide bonds. The van der Waals surface area contributed by atoms with Crippen LogP contribution in [0, 0.1) is 5.82 Å². The highest BCUT2D eigenvalue weighted by atomic mass is 32.1. The zero-order valence-corrected chi connectivity index (χ0v) is 21.1. The molecule has 2 aromatic heterocycles. The van der Waals surface area contributed by atoms with Gasteiger partial charge in [0.25, 0.3) is 0 Å². The SMILES string of the molecule is CCOC(=O)c1c(N2CCOCC2)n(C2CC2)c2cc(Cc3nc(C(C)C)cs3)c(F)cc2c1=O. The summed E-state index contributed by atoms with van der Waals surface area (Å²) in [7, 11) is 0. The summed E-state index contributed by atoms with van der Waals surface area (Å²) < 4.78 is 28.2. The van der Waals surface area contributed by atoms with Gasteiger partial charge in [-0.2, -0.15) is 0 Å². The number of pyridine rings is 1. The molecule has 5 rings (SSSR count). The van der Waals surface area contributed by atoms with Gasteiger partial charge in [-0.15, -0.1) is 11.3 Å². The second kappa shape index (κ2) is 9.70. The van der Waals surface area contributed by atoms with Crippen molar-refractivity contribution in [2.45, 2.75) is 52.0 Å². The Hall–Kier alpha value is -2.78. The van der Waals surface area contributed by atoms with Gasteiger partial charge in [0.1, 0.15) is 17.2 Å². The van der Waals surface area contributed by atoms with Gasteiger partial charge in [-0.05, 0) is 43.4 Å². The summed E-state index contributed by atoms with van der Waals surface area (Å²) in [6, 6.07) is 3.21. The summed E-state index contributed by atoms with van der Waals surface area (Å²) >= 11 is 1.52. The number of thiazole rings is 1. The predicted octanol–water partition coefficient (Wildman–Crippen LogP) is 4.66. The maximum absolute atomic E-state index is 15.3. The summed E-state index contributed by atoms with van der Waals surface area (Å²) in [5.74, 6) is -0.254. The van der Waals surface area contributed by atoms with Gasteiger partial charge in [0.05, 0.1) is 36.0 Å². The normalized spacial score (nSPS) is 16.3. The summed E-state index contributed by atoms with van der Waals surface area (Å²) in [5.41, 5.74) is 1.65. The molecule has 186 valence electrons. The maximum atomic E-state index is 15.3. The largest absolute Gasteiger partial charge is 0.462 e. The molecule has 9 heteroatoms. The fourth-order valence-corrected chi connectivity index (χ4v) is 5.58. The van der Waals surface area contributed by atoms with E-state index in [1.54, 1.807) is 13.0 Å². The Labute approximate surface area is 207 Å². The Balaban J connectivity index is 1.71. The number of rotatable bonds is 7. The molecule has 1 aliphatic heterocycles. The van der Waals surface area contributed by atoms with Crippen LogP contribution in [0.15, 0.2) is 22.3 Å². The lowest BCUT2D eigenvalue weighted by atomic mass is 10.0. The van der Waals surface area contributed by atoms with Crippen molar-refractivity contribution in [2.75, 3.05) is 37.8 Å². The van der Waals surface area contributed by atoms with Gasteiger partial charge >= 0.3 is 5.97 Å². The van der Waals surface area contributed by atoms with Gasteiger partial charge in [-0.3, -0.25) is 4.79 Å². The molecule has 1 saturated carbocycles. The number of benzene rings is 1. The molecule has 1 aromatic carbocycles. The number of hydrogen-bond donors (Lipinski definition) is 0. The first-order valence-corrected chi connectivity index (χ1v) is 13.1. The van der Waals surface area contributed by atoms with Crippen LogP contribution < -0.4 is 10.3 Å². The van der Waals surface area contributed by atoms with Crippen LogP contribution in [-0.4, -0.2) is 48.4 Å². The predicted molar refractivity (Wildman–Crippen MR) is 134 cm³/mol. The van der Waals surface area contributed by atoms with Crippen LogP contribution in [0.3, 0.4) is 0 Å². The lowest BCUT2D eigenvalue weighted by molar-refractivity contribution is 0.0524. The summed E-state index contributed by atoms with van der Waals surface area (Å²) in [6.07, 6.45) is 2.23. The molecule has 2 fully saturated rings. The van der Waals surface area contributed by atoms with Gasteiger partial charge in [0.2, 0.25) is 5.43 Å². The molecule has 35 heavy (non-hydrogen) atoms. The van der Waals surface area contributed by atoms with E-state index in [-0.39, 0.29) is 23.6 Å². The Morgan fingerprint density at radius 2 is 2.03 bits per heavy atom. The van der Waals surface area contributed by atoms with Crippen LogP contribution in [0.2, 0.25) is 0 Å². The van der Waals surface area contributed by atoms with E-state index in [1.165, 1.54) is 17.4 Å². The molecule has 2 aliphatic rings. The zero-order valence-electron chi connectivity index (χ0n) is 20.3. The molecule has 0 N–H and O–H groups in total. The number of fused-ring (bicyclic) bond motifs is 1. The molecule has 3 aromatic rings. The van der Waals surface area contributed by atoms with Gasteiger partial charge in [0.15, 0.2) is 0 Å². The zero-order chi connectivity index (χ0) is 24.7. The minimum atomic E-state index is -0.663. The fourth-order valence-electron chi connectivity index (χ4n) is 4.60. The molecule has 7 nitrogen and oxygen atoms in total. The molecular formula is C26H30FN3O4S. The van der Waals surface area contributed by atoms with Crippen LogP contribution in [0.25, 0.3) is 10.9 Å². The van der Waals surface area contributed by atoms with Crippen molar-refractivity contribution in [2.24, 2.45) is 0 Å². The van der Waals surface area contributed by atoms with Crippen molar-refractivity contribution in [3.8, 4) is 0 Å². The molecule has 1 saturated heterocycles. The van der Waals surface area contributed by atoms with E-state index in [2.05, 4.69) is 23.4 Å². The van der Waals surface area contributed by atoms with Gasteiger partial charge in [-0.1, -0.05) is 13.8 Å². The van der Waals surface area contributed by atoms with Crippen LogP contribution in [0.4, 0.5) is 10.2 Å². The van der Waals surface area contributed by atoms with Crippen molar-refractivity contribution in [1.82, 2.24) is 9.55 Å². The molecular weight excluding hydrogens is 469 g/mol. The molecule has 0 spiro atoms. The number of anilines is 1. The number of esters is 1. The van der Waals surface area contributed by atoms with Crippen molar-refractivity contribution in [3.63, 3.8) is 0 Å². The van der Waals surface area contributed by atoms with E-state index in [4.69, 9.17) is 9.47 Å². The molecule has 3 heterocycles. The minimum Gasteiger partial charge on any atom is -0.462 e. The van der Waals surface area contributed by atoms with E-state index in [9.17, 15) is 9.59 Å². The number of hydrogen-bond acceptors (Lipinski definition) is 7. The van der Waals surface area contributed by atoms with Crippen LogP contribution in [0.5, 0.6) is 0 Å². The van der Waals surface area contributed by atoms with E-state index in [0.717, 1.165) is 23.5 Å². The second-order valence-corrected chi connectivity index (χ2v) is 10.3. The monoisotopic (exact) mass is 499 g/mol. The summed E-state index contributed by atoms with van der Waals surface area (Å²) in [4.78, 5) is 33.4. The minimum absolute atomic E-state index is 0.0122. The Bertz CT molecular complexity index is 1320. The average Bonchev–Trinajstić information content (AvgIpc) is 3.57. The number of morpholine rings is 1. The molecule has 0 atom stereocenters. The van der Waals surface area contributed by atoms with Crippen molar-refractivity contribution < 1.29 is 18.7 Å². The van der Waals surface area contributed by atoms with Crippen LogP contribution in [0.1, 0.15) is 72.2 Å². The molecule has 1 aliphatic carbocycles. The third kappa shape index (κ3) is 4.59. The Kier molecular flexibility index (Phi) is 6.63. The number of halogens is 1. The first-order valence-electron chi connectivity index (χ1n) is 12.2. The topological polar surface area (TPSA) is 73.7 Å². The molecule has 0 unspecified atom stereocenters. The Morgan fingerprint density at radius 1 is 1.29 bits per heavy atom. The maximum Gasteiger partial charge on any atom is 0.345 e. The van der Waals surface area contributed by atoms with E-state index in [1.807, 2.05) is 10.3 Å². The van der Waals surface area contributed by atoms with Gasteiger partial charge in [-0.25, -0.2) is 14.2 Å². The summed E-state index contributed by atoms with van der Waals surface area (Å²) in [6.45, 7) is 8.18. The lowest BCUT2D eigenvalue weighted by Crippen LogP contribution is -2.40. The van der Waals surface area contributed by atoms with Gasteiger partial charge < -0.3 is 18.9 Å². The highest BCUT2D eigenvalue weighted by Gasteiger charge is 2.35. The van der Waals surface area contributed by atoms with Crippen LogP contribution >= 0.6 is 11.3 Å². The van der Waals surface area contributed by atoms with Crippen LogP contribution in [-0.2, 0) is 15.9 Å². The van der Waals surface area contributed by atoms with Gasteiger partial charge in [0, 0.05) is 36.3 Å². The second-order valence-electron chi connectivity index (χ2n) is 9.41. The summed E-state index contributed by atoms with van der Waals surface area (Å²) in [5, 5.41) is 3.06. The van der Waals surface area contributed by atoms with Crippen molar-refractivity contribution >= 4 is 34.0 Å². The Morgan fingerprint density at radius 3 is 2.66 bits per heavy atom. The smallest absolute Gasteiger partial charge is 0.345 e. The fraction of sp³-hybridized carbons (Fsp3) is 0.500. The van der Waals surface area contributed by atoms with E-state index >= 15 is 4.39 Å². The number of carbonyl (C=O) groups excluding carboxylic acids is 1. The lowest BCUT2D eigenvalue weighted by Gasteiger charge is -2.33. The third-order valence-electron chi connectivity index (χ3n) is 6.55. The highest BCUT2D eigenvalue weighted by Crippen LogP contribution is 2.42. The molecule has 0 bridgehead atoms. The van der Waals surface area contributed by atoms with Crippen molar-refractivity contribution in [3.05, 3.63) is 55.4 Å². The number of aromatic nitrogens is 2. The average molecular weight is 500 g/mol. The standard InChI is InChI=1S/C26H30FN3O4S/c1-4-34-26(32)23-24(31)18-13-19(27)16(12-22-28-20(14-35-22)15(2)3)11-21(18)30(17-5-6-17)25(23)29-7-9-33-10-8-29/h11,13-15,17H,4-10,12H2,1-3H3. The van der Waals surface area contributed by atoms with E-state index in [0.29, 0.717) is 55.5 Å².